The summed E-state index contributed by atoms with van der Waals surface area (Å²) in [6.07, 6.45) is 3.05. The number of nitrogens with one attached hydrogen (secondary N) is 4. The van der Waals surface area contributed by atoms with Gasteiger partial charge in [0.1, 0.15) is 0 Å². The maximum absolute atomic E-state index is 12.5. The van der Waals surface area contributed by atoms with Crippen LogP contribution in [0.5, 0.6) is 0 Å². The van der Waals surface area contributed by atoms with Crippen LogP contribution in [0.3, 0.4) is 0 Å². The number of carbonyl (C=O) groups is 2. The molecule has 0 bridgehead atoms. The van der Waals surface area contributed by atoms with Crippen LogP contribution in [0, 0.1) is 0 Å². The third-order valence-electron chi connectivity index (χ3n) is 4.35. The lowest BCUT2D eigenvalue weighted by Gasteiger charge is -2.13. The molecule has 8 nitrogen and oxygen atoms in total. The van der Waals surface area contributed by atoms with Gasteiger partial charge < -0.3 is 20.6 Å². The molecule has 0 aliphatic rings. The number of H-pyrrole nitrogens is 2. The zero-order valence-corrected chi connectivity index (χ0v) is 16.6. The summed E-state index contributed by atoms with van der Waals surface area (Å²) in [4.78, 5) is 53.6. The normalized spacial score (nSPS) is 12.8. The molecule has 0 saturated carbocycles. The lowest BCUT2D eigenvalue weighted by atomic mass is 10.1. The first-order chi connectivity index (χ1) is 13.8. The van der Waals surface area contributed by atoms with Crippen molar-refractivity contribution in [2.75, 3.05) is 0 Å². The number of pyridine rings is 2. The molecule has 2 atom stereocenters. The number of rotatable bonds is 6. The summed E-state index contributed by atoms with van der Waals surface area (Å²) in [5.41, 5.74) is 0.882. The molecule has 0 aromatic carbocycles. The molecule has 0 saturated heterocycles. The van der Waals surface area contributed by atoms with Crippen LogP contribution in [0.25, 0.3) is 0 Å². The van der Waals surface area contributed by atoms with Gasteiger partial charge in [0.05, 0.1) is 21.8 Å². The molecule has 4 N–H and O–H groups in total. The van der Waals surface area contributed by atoms with Gasteiger partial charge in [0.15, 0.2) is 0 Å². The van der Waals surface area contributed by atoms with Crippen molar-refractivity contribution in [3.8, 4) is 0 Å². The minimum Gasteiger partial charge on any atom is -0.345 e. The summed E-state index contributed by atoms with van der Waals surface area (Å²) in [6, 6.07) is 8.73. The van der Waals surface area contributed by atoms with Gasteiger partial charge in [-0.3, -0.25) is 19.2 Å². The number of hydrogen-bond donors (Lipinski definition) is 4. The predicted molar refractivity (Wildman–Crippen MR) is 110 cm³/mol. The second-order valence-corrected chi connectivity index (χ2v) is 7.61. The van der Waals surface area contributed by atoms with Gasteiger partial charge in [-0.05, 0) is 49.2 Å². The van der Waals surface area contributed by atoms with Crippen molar-refractivity contribution in [2.24, 2.45) is 0 Å². The quantitative estimate of drug-likeness (QED) is 0.495. The topological polar surface area (TPSA) is 124 Å². The molecule has 0 aliphatic carbocycles. The van der Waals surface area contributed by atoms with Crippen LogP contribution in [0.15, 0.2) is 58.4 Å². The molecule has 29 heavy (non-hydrogen) atoms. The summed E-state index contributed by atoms with van der Waals surface area (Å²) in [5, 5.41) is 5.63. The van der Waals surface area contributed by atoms with Crippen molar-refractivity contribution >= 4 is 23.2 Å². The number of amides is 2. The maximum Gasteiger partial charge on any atom is 0.261 e. The smallest absolute Gasteiger partial charge is 0.261 e. The zero-order valence-electron chi connectivity index (χ0n) is 15.8. The Morgan fingerprint density at radius 3 is 1.59 bits per heavy atom. The van der Waals surface area contributed by atoms with E-state index < -0.39 is 0 Å². The van der Waals surface area contributed by atoms with Gasteiger partial charge in [0.25, 0.3) is 11.8 Å². The van der Waals surface area contributed by atoms with Crippen molar-refractivity contribution in [3.05, 3.63) is 90.4 Å². The van der Waals surface area contributed by atoms with Crippen molar-refractivity contribution in [3.63, 3.8) is 0 Å². The molecule has 150 valence electrons. The van der Waals surface area contributed by atoms with E-state index in [0.29, 0.717) is 20.9 Å². The molecular formula is C20H20N4O4S. The average Bonchev–Trinajstić information content (AvgIpc) is 3.18. The van der Waals surface area contributed by atoms with Crippen LogP contribution in [-0.2, 0) is 0 Å². The molecule has 3 aromatic heterocycles. The fourth-order valence-electron chi connectivity index (χ4n) is 2.75. The van der Waals surface area contributed by atoms with E-state index in [1.54, 1.807) is 38.1 Å². The Hall–Kier alpha value is -3.46. The molecule has 0 aliphatic heterocycles. The first-order valence-corrected chi connectivity index (χ1v) is 9.74. The van der Waals surface area contributed by atoms with E-state index >= 15 is 0 Å². The molecule has 0 radical (unpaired) electrons. The fourth-order valence-corrected chi connectivity index (χ4v) is 3.56. The highest BCUT2D eigenvalue weighted by molar-refractivity contribution is 7.15. The van der Waals surface area contributed by atoms with Gasteiger partial charge in [-0.1, -0.05) is 0 Å². The zero-order chi connectivity index (χ0) is 21.0. The number of hydrogen-bond acceptors (Lipinski definition) is 5. The van der Waals surface area contributed by atoms with Crippen molar-refractivity contribution < 1.29 is 9.59 Å². The van der Waals surface area contributed by atoms with Crippen LogP contribution < -0.4 is 21.8 Å². The SMILES string of the molecule is CC(NC(=O)c1ccc(C(=O)NC(C)c2cc[nH]c(=O)c2)s1)c1cc[nH]c(=O)c1. The largest absolute Gasteiger partial charge is 0.345 e. The van der Waals surface area contributed by atoms with Crippen LogP contribution in [0.4, 0.5) is 0 Å². The Balaban J connectivity index is 1.64. The summed E-state index contributed by atoms with van der Waals surface area (Å²) >= 11 is 1.07. The number of thiophene rings is 1. The highest BCUT2D eigenvalue weighted by Gasteiger charge is 2.18. The van der Waals surface area contributed by atoms with Gasteiger partial charge in [-0.2, -0.15) is 0 Å². The monoisotopic (exact) mass is 412 g/mol. The summed E-state index contributed by atoms with van der Waals surface area (Å²) < 4.78 is 0. The average molecular weight is 412 g/mol. The molecule has 3 heterocycles. The number of carbonyl (C=O) groups excluding carboxylic acids is 2. The molecule has 3 aromatic rings. The second-order valence-electron chi connectivity index (χ2n) is 6.53. The lowest BCUT2D eigenvalue weighted by Crippen LogP contribution is -2.27. The lowest BCUT2D eigenvalue weighted by molar-refractivity contribution is 0.0937. The van der Waals surface area contributed by atoms with E-state index in [0.717, 1.165) is 11.3 Å². The molecule has 2 amide bonds. The minimum atomic E-state index is -0.361. The highest BCUT2D eigenvalue weighted by Crippen LogP contribution is 2.19. The molecule has 0 spiro atoms. The summed E-state index contributed by atoms with van der Waals surface area (Å²) in [6.45, 7) is 3.55. The van der Waals surface area contributed by atoms with Gasteiger partial charge in [0.2, 0.25) is 11.1 Å². The highest BCUT2D eigenvalue weighted by atomic mass is 32.1. The van der Waals surface area contributed by atoms with E-state index in [1.165, 1.54) is 24.5 Å². The van der Waals surface area contributed by atoms with Crippen LogP contribution in [-0.4, -0.2) is 21.8 Å². The van der Waals surface area contributed by atoms with Crippen LogP contribution >= 0.6 is 11.3 Å². The summed E-state index contributed by atoms with van der Waals surface area (Å²) in [5.74, 6) is -0.658. The van der Waals surface area contributed by atoms with Crippen molar-refractivity contribution in [1.82, 2.24) is 20.6 Å². The molecule has 2 unspecified atom stereocenters. The maximum atomic E-state index is 12.5. The Morgan fingerprint density at radius 2 is 1.21 bits per heavy atom. The molecular weight excluding hydrogens is 392 g/mol. The van der Waals surface area contributed by atoms with E-state index in [1.807, 2.05) is 0 Å². The van der Waals surface area contributed by atoms with Gasteiger partial charge in [-0.15, -0.1) is 11.3 Å². The van der Waals surface area contributed by atoms with Crippen LogP contribution in [0.2, 0.25) is 0 Å². The Bertz CT molecular complexity index is 1060. The first kappa shape index (κ1) is 20.3. The number of aromatic amines is 2. The van der Waals surface area contributed by atoms with Crippen molar-refractivity contribution in [2.45, 2.75) is 25.9 Å². The van der Waals surface area contributed by atoms with Crippen molar-refractivity contribution in [1.29, 1.82) is 0 Å². The Kier molecular flexibility index (Phi) is 6.08. The standard InChI is InChI=1S/C20H20N4O4S/c1-11(13-5-7-21-17(25)9-13)23-19(27)15-3-4-16(29-15)20(28)24-12(2)14-6-8-22-18(26)10-14/h3-12H,1-2H3,(H,21,25)(H,22,26)(H,23,27)(H,24,28). The Labute approximate surface area is 170 Å². The van der Waals surface area contributed by atoms with E-state index in [4.69, 9.17) is 0 Å². The fraction of sp³-hybridized carbons (Fsp3) is 0.200. The van der Waals surface area contributed by atoms with Gasteiger partial charge in [0, 0.05) is 24.5 Å². The predicted octanol–water partition coefficient (Wildman–Crippen LogP) is 2.11. The number of aromatic nitrogens is 2. The second kappa shape index (κ2) is 8.70. The first-order valence-electron chi connectivity index (χ1n) is 8.92. The van der Waals surface area contributed by atoms with E-state index in [9.17, 15) is 19.2 Å². The van der Waals surface area contributed by atoms with E-state index in [2.05, 4.69) is 20.6 Å². The van der Waals surface area contributed by atoms with E-state index in [-0.39, 0.29) is 35.0 Å². The molecule has 0 fully saturated rings. The molecule has 9 heteroatoms. The summed E-state index contributed by atoms with van der Waals surface area (Å²) in [7, 11) is 0. The van der Waals surface area contributed by atoms with Gasteiger partial charge in [-0.25, -0.2) is 0 Å². The van der Waals surface area contributed by atoms with Crippen LogP contribution in [0.1, 0.15) is 56.4 Å². The third kappa shape index (κ3) is 5.08. The molecule has 3 rings (SSSR count). The third-order valence-corrected chi connectivity index (χ3v) is 5.43. The minimum absolute atomic E-state index is 0.242. The Morgan fingerprint density at radius 1 is 0.793 bits per heavy atom. The van der Waals surface area contributed by atoms with Gasteiger partial charge >= 0.3 is 0 Å².